The molecule has 2 aromatic carbocycles. The third-order valence-electron chi connectivity index (χ3n) is 4.69. The molecule has 0 saturated heterocycles. The molecule has 0 radical (unpaired) electrons. The summed E-state index contributed by atoms with van der Waals surface area (Å²) in [6.45, 7) is 0. The molecule has 2 heterocycles. The summed E-state index contributed by atoms with van der Waals surface area (Å²) in [5.41, 5.74) is 0.825. The van der Waals surface area contributed by atoms with Gasteiger partial charge in [0.25, 0.3) is 5.56 Å². The third kappa shape index (κ3) is 5.24. The minimum Gasteiger partial charge on any atom is -0.481 e. The van der Waals surface area contributed by atoms with Gasteiger partial charge in [0.1, 0.15) is 11.2 Å². The van der Waals surface area contributed by atoms with E-state index in [9.17, 15) is 9.59 Å². The zero-order valence-electron chi connectivity index (χ0n) is 17.9. The minimum absolute atomic E-state index is 0.168. The van der Waals surface area contributed by atoms with E-state index in [4.69, 9.17) is 32.7 Å². The molecule has 0 fully saturated rings. The maximum absolute atomic E-state index is 12.1. The molecule has 9 nitrogen and oxygen atoms in total. The molecule has 4 rings (SSSR count). The lowest BCUT2D eigenvalue weighted by Crippen LogP contribution is -2.30. The summed E-state index contributed by atoms with van der Waals surface area (Å²) < 4.78 is 11.5. The summed E-state index contributed by atoms with van der Waals surface area (Å²) in [7, 11) is 2.98. The van der Waals surface area contributed by atoms with Crippen molar-refractivity contribution in [1.29, 1.82) is 0 Å². The normalized spacial score (nSPS) is 11.8. The molecule has 0 spiro atoms. The van der Waals surface area contributed by atoms with E-state index in [0.717, 1.165) is 22.0 Å². The monoisotopic (exact) mass is 517 g/mol. The van der Waals surface area contributed by atoms with E-state index in [1.807, 2.05) is 12.1 Å². The van der Waals surface area contributed by atoms with Gasteiger partial charge in [-0.2, -0.15) is 19.7 Å². The Morgan fingerprint density at radius 2 is 1.76 bits per heavy atom. The number of thioether (sulfide) groups is 1. The smallest absolute Gasteiger partial charge is 0.349 e. The average Bonchev–Trinajstić information content (AvgIpc) is 2.83. The highest BCUT2D eigenvalue weighted by molar-refractivity contribution is 7.99. The molecule has 0 saturated carbocycles. The largest absolute Gasteiger partial charge is 0.481 e. The molecule has 0 aliphatic carbocycles. The van der Waals surface area contributed by atoms with Gasteiger partial charge in [0.05, 0.1) is 25.2 Å². The molecule has 0 bridgehead atoms. The van der Waals surface area contributed by atoms with Crippen molar-refractivity contribution < 1.29 is 9.47 Å². The van der Waals surface area contributed by atoms with E-state index < -0.39 is 11.2 Å². The number of aromatic nitrogens is 5. The first-order valence-electron chi connectivity index (χ1n) is 9.75. The summed E-state index contributed by atoms with van der Waals surface area (Å²) >= 11 is 14.2. The quantitative estimate of drug-likeness (QED) is 0.290. The van der Waals surface area contributed by atoms with Crippen LogP contribution in [0.2, 0.25) is 10.0 Å². The van der Waals surface area contributed by atoms with Crippen LogP contribution in [0.3, 0.4) is 0 Å². The Morgan fingerprint density at radius 1 is 1.00 bits per heavy atom. The van der Waals surface area contributed by atoms with Crippen molar-refractivity contribution in [1.82, 2.24) is 24.7 Å². The lowest BCUT2D eigenvalue weighted by molar-refractivity contribution is 0.347. The number of aromatic amines is 1. The standard InChI is InChI=1S/C22H17Cl2N5O4S/c1-32-18-10-19(28-21(27-18)33-2)34-20(12-3-5-13(23)6-4-12)15-8-7-14(9-16(15)24)29-22(31)26-17(30)11-25-29/h3-11,20H,1-2H3,(H,26,30,31). The molecule has 2 aromatic heterocycles. The molecule has 0 aliphatic heterocycles. The fourth-order valence-electron chi connectivity index (χ4n) is 3.11. The second-order valence-corrected chi connectivity index (χ2v) is 8.81. The summed E-state index contributed by atoms with van der Waals surface area (Å²) in [6, 6.07) is 14.3. The predicted molar refractivity (Wildman–Crippen MR) is 130 cm³/mol. The van der Waals surface area contributed by atoms with Gasteiger partial charge in [-0.15, -0.1) is 0 Å². The number of hydrogen-bond donors (Lipinski definition) is 1. The van der Waals surface area contributed by atoms with Gasteiger partial charge in [0.15, 0.2) is 0 Å². The average molecular weight is 518 g/mol. The van der Waals surface area contributed by atoms with Crippen molar-refractivity contribution in [3.8, 4) is 17.6 Å². The minimum atomic E-state index is -0.667. The van der Waals surface area contributed by atoms with E-state index >= 15 is 0 Å². The highest BCUT2D eigenvalue weighted by atomic mass is 35.5. The van der Waals surface area contributed by atoms with Gasteiger partial charge in [-0.1, -0.05) is 53.2 Å². The molecule has 174 valence electrons. The summed E-state index contributed by atoms with van der Waals surface area (Å²) in [5, 5.41) is 5.16. The maximum atomic E-state index is 12.1. The number of rotatable bonds is 7. The number of nitrogens with zero attached hydrogens (tertiary/aromatic N) is 4. The van der Waals surface area contributed by atoms with Gasteiger partial charge in [0.2, 0.25) is 5.88 Å². The predicted octanol–water partition coefficient (Wildman–Crippen LogP) is 3.92. The van der Waals surface area contributed by atoms with Crippen LogP contribution in [0.4, 0.5) is 0 Å². The second-order valence-electron chi connectivity index (χ2n) is 6.84. The lowest BCUT2D eigenvalue weighted by atomic mass is 10.0. The summed E-state index contributed by atoms with van der Waals surface area (Å²) in [6.07, 6.45) is 1.02. The molecule has 34 heavy (non-hydrogen) atoms. The Bertz CT molecular complexity index is 1420. The van der Waals surface area contributed by atoms with Gasteiger partial charge in [-0.05, 0) is 35.4 Å². The second kappa shape index (κ2) is 10.3. The van der Waals surface area contributed by atoms with Gasteiger partial charge in [-0.25, -0.2) is 4.79 Å². The van der Waals surface area contributed by atoms with Crippen LogP contribution in [0, 0.1) is 0 Å². The van der Waals surface area contributed by atoms with E-state index in [1.165, 1.54) is 26.0 Å². The van der Waals surface area contributed by atoms with E-state index in [2.05, 4.69) is 20.1 Å². The summed E-state index contributed by atoms with van der Waals surface area (Å²) in [4.78, 5) is 34.2. The van der Waals surface area contributed by atoms with E-state index in [0.29, 0.717) is 26.6 Å². The van der Waals surface area contributed by atoms with Gasteiger partial charge >= 0.3 is 11.7 Å². The number of halogens is 2. The molecule has 4 aromatic rings. The first-order valence-corrected chi connectivity index (χ1v) is 11.4. The zero-order valence-corrected chi connectivity index (χ0v) is 20.2. The number of nitrogens with one attached hydrogen (secondary N) is 1. The van der Waals surface area contributed by atoms with Crippen molar-refractivity contribution >= 4 is 35.0 Å². The van der Waals surface area contributed by atoms with Crippen molar-refractivity contribution in [2.45, 2.75) is 10.3 Å². The maximum Gasteiger partial charge on any atom is 0.349 e. The Hall–Kier alpha value is -3.34. The van der Waals surface area contributed by atoms with Gasteiger partial charge in [-0.3, -0.25) is 9.78 Å². The van der Waals surface area contributed by atoms with Gasteiger partial charge < -0.3 is 9.47 Å². The van der Waals surface area contributed by atoms with Gasteiger partial charge in [0, 0.05) is 16.1 Å². The van der Waals surface area contributed by atoms with Crippen LogP contribution in [0.5, 0.6) is 11.9 Å². The van der Waals surface area contributed by atoms with Crippen LogP contribution in [0.1, 0.15) is 16.4 Å². The SMILES string of the molecule is COc1cc(SC(c2ccc(Cl)cc2)c2ccc(-n3ncc(=O)[nH]c3=O)cc2Cl)nc(OC)n1. The molecule has 1 N–H and O–H groups in total. The molecule has 12 heteroatoms. The molecule has 1 unspecified atom stereocenters. The van der Waals surface area contributed by atoms with Crippen molar-refractivity contribution in [3.63, 3.8) is 0 Å². The number of benzene rings is 2. The fourth-order valence-corrected chi connectivity index (χ4v) is 4.75. The van der Waals surface area contributed by atoms with E-state index in [1.54, 1.807) is 36.4 Å². The van der Waals surface area contributed by atoms with Crippen LogP contribution < -0.4 is 20.7 Å². The molecular weight excluding hydrogens is 501 g/mol. The first-order chi connectivity index (χ1) is 16.4. The Kier molecular flexibility index (Phi) is 7.20. The van der Waals surface area contributed by atoms with Crippen molar-refractivity contribution in [2.24, 2.45) is 0 Å². The van der Waals surface area contributed by atoms with Crippen LogP contribution in [0.25, 0.3) is 5.69 Å². The number of ether oxygens (including phenoxy) is 2. The lowest BCUT2D eigenvalue weighted by Gasteiger charge is -2.20. The zero-order chi connectivity index (χ0) is 24.2. The van der Waals surface area contributed by atoms with Crippen LogP contribution in [-0.2, 0) is 0 Å². The number of hydrogen-bond acceptors (Lipinski definition) is 8. The molecule has 0 amide bonds. The fraction of sp³-hybridized carbons (Fsp3) is 0.136. The van der Waals surface area contributed by atoms with Crippen LogP contribution in [0.15, 0.2) is 69.3 Å². The number of H-pyrrole nitrogens is 1. The number of methoxy groups -OCH3 is 2. The summed E-state index contributed by atoms with van der Waals surface area (Å²) in [5.74, 6) is 0.356. The van der Waals surface area contributed by atoms with Crippen molar-refractivity contribution in [3.05, 3.63) is 96.7 Å². The molecule has 0 aliphatic rings. The Labute approximate surface area is 207 Å². The highest BCUT2D eigenvalue weighted by Gasteiger charge is 2.21. The third-order valence-corrected chi connectivity index (χ3v) is 6.48. The Morgan fingerprint density at radius 3 is 2.41 bits per heavy atom. The van der Waals surface area contributed by atoms with Crippen LogP contribution in [-0.4, -0.2) is 39.0 Å². The Balaban J connectivity index is 1.79. The highest BCUT2D eigenvalue weighted by Crippen LogP contribution is 2.43. The molecular formula is C22H17Cl2N5O4S. The van der Waals surface area contributed by atoms with E-state index in [-0.39, 0.29) is 11.3 Å². The van der Waals surface area contributed by atoms with Crippen LogP contribution >= 0.6 is 35.0 Å². The topological polar surface area (TPSA) is 112 Å². The first kappa shape index (κ1) is 23.8. The molecule has 1 atom stereocenters. The van der Waals surface area contributed by atoms with Crippen molar-refractivity contribution in [2.75, 3.05) is 14.2 Å².